The molecule has 1 saturated heterocycles. The third kappa shape index (κ3) is 3.48. The van der Waals surface area contributed by atoms with E-state index < -0.39 is 0 Å². The Morgan fingerprint density at radius 2 is 2.08 bits per heavy atom. The molecule has 0 unspecified atom stereocenters. The molecule has 76 valence electrons. The molecule has 4 heteroatoms. The molecule has 3 nitrogen and oxygen atoms in total. The fourth-order valence-corrected chi connectivity index (χ4v) is 1.50. The van der Waals surface area contributed by atoms with Gasteiger partial charge in [-0.25, -0.2) is 0 Å². The fraction of sp³-hybridized carbons (Fsp3) is 0.889. The van der Waals surface area contributed by atoms with Crippen LogP contribution < -0.4 is 10.6 Å². The Morgan fingerprint density at radius 3 is 2.62 bits per heavy atom. The lowest BCUT2D eigenvalue weighted by Gasteiger charge is -2.33. The fourth-order valence-electron chi connectivity index (χ4n) is 1.42. The first-order chi connectivity index (χ1) is 6.16. The van der Waals surface area contributed by atoms with Gasteiger partial charge in [-0.2, -0.15) is 0 Å². The van der Waals surface area contributed by atoms with Gasteiger partial charge in [0.25, 0.3) is 0 Å². The van der Waals surface area contributed by atoms with Crippen LogP contribution in [0, 0.1) is 5.41 Å². The van der Waals surface area contributed by atoms with E-state index in [0.717, 1.165) is 37.7 Å². The van der Waals surface area contributed by atoms with Crippen molar-refractivity contribution in [3.63, 3.8) is 0 Å². The van der Waals surface area contributed by atoms with Gasteiger partial charge in [0.2, 0.25) is 0 Å². The Morgan fingerprint density at radius 1 is 1.46 bits per heavy atom. The molecule has 0 aliphatic carbocycles. The van der Waals surface area contributed by atoms with Gasteiger partial charge in [0.05, 0.1) is 0 Å². The van der Waals surface area contributed by atoms with Crippen molar-refractivity contribution >= 4 is 17.3 Å². The van der Waals surface area contributed by atoms with Gasteiger partial charge in [-0.1, -0.05) is 6.92 Å². The smallest absolute Gasteiger partial charge is 0.166 e. The quantitative estimate of drug-likeness (QED) is 0.652. The number of ether oxygens (including phenoxy) is 1. The summed E-state index contributed by atoms with van der Waals surface area (Å²) in [7, 11) is 1.83. The van der Waals surface area contributed by atoms with Crippen molar-refractivity contribution in [2.75, 3.05) is 26.8 Å². The van der Waals surface area contributed by atoms with E-state index in [1.165, 1.54) is 0 Å². The van der Waals surface area contributed by atoms with Crippen molar-refractivity contribution in [3.8, 4) is 0 Å². The molecule has 1 aliphatic heterocycles. The molecular weight excluding hydrogens is 184 g/mol. The second-order valence-corrected chi connectivity index (χ2v) is 4.26. The number of hydrogen-bond acceptors (Lipinski definition) is 2. The molecule has 0 aromatic carbocycles. The summed E-state index contributed by atoms with van der Waals surface area (Å²) < 4.78 is 5.32. The first-order valence-corrected chi connectivity index (χ1v) is 5.10. The zero-order valence-electron chi connectivity index (χ0n) is 8.35. The minimum atomic E-state index is 0.346. The van der Waals surface area contributed by atoms with Crippen LogP contribution in [0.5, 0.6) is 0 Å². The number of nitrogens with one attached hydrogen (secondary N) is 2. The summed E-state index contributed by atoms with van der Waals surface area (Å²) in [5.74, 6) is 0. The summed E-state index contributed by atoms with van der Waals surface area (Å²) in [5, 5.41) is 6.85. The highest BCUT2D eigenvalue weighted by molar-refractivity contribution is 7.80. The lowest BCUT2D eigenvalue weighted by atomic mass is 9.82. The average Bonchev–Trinajstić information content (AvgIpc) is 2.15. The lowest BCUT2D eigenvalue weighted by molar-refractivity contribution is 0.0261. The standard InChI is InChI=1S/C9H18N2OS/c1-9(3-5-12-6-4-9)7-11-8(13)10-2/h3-7H2,1-2H3,(H2,10,11,13). The second kappa shape index (κ2) is 4.77. The maximum absolute atomic E-state index is 5.32. The van der Waals surface area contributed by atoms with Crippen molar-refractivity contribution in [2.24, 2.45) is 5.41 Å². The molecule has 0 radical (unpaired) electrons. The molecule has 0 atom stereocenters. The third-order valence-corrected chi connectivity index (χ3v) is 2.95. The van der Waals surface area contributed by atoms with Gasteiger partial charge >= 0.3 is 0 Å². The van der Waals surface area contributed by atoms with Crippen LogP contribution in [-0.4, -0.2) is 31.9 Å². The molecule has 2 N–H and O–H groups in total. The second-order valence-electron chi connectivity index (χ2n) is 3.86. The summed E-state index contributed by atoms with van der Waals surface area (Å²) in [6.07, 6.45) is 2.23. The van der Waals surface area contributed by atoms with Crippen LogP contribution in [0.1, 0.15) is 19.8 Å². The van der Waals surface area contributed by atoms with Crippen molar-refractivity contribution in [3.05, 3.63) is 0 Å². The third-order valence-electron chi connectivity index (χ3n) is 2.60. The van der Waals surface area contributed by atoms with Gasteiger partial charge in [0.15, 0.2) is 5.11 Å². The number of hydrogen-bond donors (Lipinski definition) is 2. The Bertz CT molecular complexity index is 178. The van der Waals surface area contributed by atoms with E-state index in [2.05, 4.69) is 17.6 Å². The van der Waals surface area contributed by atoms with Crippen LogP contribution >= 0.6 is 12.2 Å². The SMILES string of the molecule is CNC(=S)NCC1(C)CCOCC1. The highest BCUT2D eigenvalue weighted by Gasteiger charge is 2.26. The van der Waals surface area contributed by atoms with Crippen molar-refractivity contribution in [2.45, 2.75) is 19.8 Å². The maximum atomic E-state index is 5.32. The predicted octanol–water partition coefficient (Wildman–Crippen LogP) is 0.897. The molecule has 1 rings (SSSR count). The molecule has 0 aromatic heterocycles. The molecule has 0 amide bonds. The van der Waals surface area contributed by atoms with Gasteiger partial charge < -0.3 is 15.4 Å². The van der Waals surface area contributed by atoms with E-state index in [-0.39, 0.29) is 0 Å². The topological polar surface area (TPSA) is 33.3 Å². The van der Waals surface area contributed by atoms with Gasteiger partial charge in [-0.3, -0.25) is 0 Å². The summed E-state index contributed by atoms with van der Waals surface area (Å²) in [6, 6.07) is 0. The summed E-state index contributed by atoms with van der Waals surface area (Å²) in [4.78, 5) is 0. The monoisotopic (exact) mass is 202 g/mol. The first kappa shape index (κ1) is 10.7. The Kier molecular flexibility index (Phi) is 3.93. The normalized spacial score (nSPS) is 20.8. The van der Waals surface area contributed by atoms with Crippen molar-refractivity contribution < 1.29 is 4.74 Å². The molecule has 1 heterocycles. The predicted molar refractivity (Wildman–Crippen MR) is 57.8 cm³/mol. The summed E-state index contributed by atoms with van der Waals surface area (Å²) >= 11 is 5.02. The zero-order valence-corrected chi connectivity index (χ0v) is 9.17. The Hall–Kier alpha value is -0.350. The van der Waals surface area contributed by atoms with Crippen molar-refractivity contribution in [1.82, 2.24) is 10.6 Å². The van der Waals surface area contributed by atoms with Crippen molar-refractivity contribution in [1.29, 1.82) is 0 Å². The van der Waals surface area contributed by atoms with Gasteiger partial charge in [0, 0.05) is 26.8 Å². The van der Waals surface area contributed by atoms with Gasteiger partial charge in [-0.15, -0.1) is 0 Å². The maximum Gasteiger partial charge on any atom is 0.166 e. The molecule has 0 saturated carbocycles. The highest BCUT2D eigenvalue weighted by Crippen LogP contribution is 2.28. The minimum Gasteiger partial charge on any atom is -0.381 e. The summed E-state index contributed by atoms with van der Waals surface area (Å²) in [6.45, 7) is 4.98. The van der Waals surface area contributed by atoms with E-state index in [1.54, 1.807) is 0 Å². The van der Waals surface area contributed by atoms with Gasteiger partial charge in [0.1, 0.15) is 0 Å². The minimum absolute atomic E-state index is 0.346. The first-order valence-electron chi connectivity index (χ1n) is 4.70. The van der Waals surface area contributed by atoms with Crippen LogP contribution in [0.4, 0.5) is 0 Å². The molecule has 13 heavy (non-hydrogen) atoms. The molecule has 0 bridgehead atoms. The lowest BCUT2D eigenvalue weighted by Crippen LogP contribution is -2.42. The van der Waals surface area contributed by atoms with E-state index in [1.807, 2.05) is 7.05 Å². The summed E-state index contributed by atoms with van der Waals surface area (Å²) in [5.41, 5.74) is 0.346. The molecule has 0 spiro atoms. The van der Waals surface area contributed by atoms with E-state index >= 15 is 0 Å². The van der Waals surface area contributed by atoms with Gasteiger partial charge in [-0.05, 0) is 30.5 Å². The van der Waals surface area contributed by atoms with Crippen LogP contribution in [0.15, 0.2) is 0 Å². The van der Waals surface area contributed by atoms with Crippen LogP contribution in [-0.2, 0) is 4.74 Å². The highest BCUT2D eigenvalue weighted by atomic mass is 32.1. The molecular formula is C9H18N2OS. The molecule has 1 fully saturated rings. The van der Waals surface area contributed by atoms with Crippen LogP contribution in [0.2, 0.25) is 0 Å². The van der Waals surface area contributed by atoms with Crippen LogP contribution in [0.3, 0.4) is 0 Å². The number of thiocarbonyl (C=S) groups is 1. The Balaban J connectivity index is 2.28. The number of rotatable bonds is 2. The van der Waals surface area contributed by atoms with E-state index in [0.29, 0.717) is 5.41 Å². The van der Waals surface area contributed by atoms with E-state index in [4.69, 9.17) is 17.0 Å². The molecule has 1 aliphatic rings. The Labute approximate surface area is 85.2 Å². The van der Waals surface area contributed by atoms with Crippen LogP contribution in [0.25, 0.3) is 0 Å². The average molecular weight is 202 g/mol. The zero-order chi connectivity index (χ0) is 9.73. The largest absolute Gasteiger partial charge is 0.381 e. The molecule has 0 aromatic rings. The van der Waals surface area contributed by atoms with E-state index in [9.17, 15) is 0 Å².